The van der Waals surface area contributed by atoms with E-state index in [1.807, 2.05) is 12.1 Å². The number of hydrogen-bond donors (Lipinski definition) is 1. The SMILES string of the molecule is CCCc1ccc(S(=O)(=O)N2CCCc3c(NS(C)(=O)=O)cccc32)cc1. The Morgan fingerprint density at radius 1 is 1.04 bits per heavy atom. The molecule has 1 aliphatic heterocycles. The highest BCUT2D eigenvalue weighted by atomic mass is 32.2. The molecule has 8 heteroatoms. The highest BCUT2D eigenvalue weighted by Gasteiger charge is 2.30. The van der Waals surface area contributed by atoms with Crippen LogP contribution in [0.1, 0.15) is 30.9 Å². The van der Waals surface area contributed by atoms with Gasteiger partial charge in [-0.05, 0) is 49.1 Å². The van der Waals surface area contributed by atoms with E-state index in [2.05, 4.69) is 11.6 Å². The van der Waals surface area contributed by atoms with E-state index in [0.29, 0.717) is 36.3 Å². The fourth-order valence-electron chi connectivity index (χ4n) is 3.38. The molecule has 0 radical (unpaired) electrons. The van der Waals surface area contributed by atoms with Gasteiger partial charge in [-0.15, -0.1) is 0 Å². The van der Waals surface area contributed by atoms with Crippen LogP contribution in [-0.2, 0) is 32.9 Å². The minimum Gasteiger partial charge on any atom is -0.283 e. The molecular weight excluding hydrogens is 384 g/mol. The molecule has 0 spiro atoms. The van der Waals surface area contributed by atoms with Gasteiger partial charge in [-0.3, -0.25) is 9.03 Å². The summed E-state index contributed by atoms with van der Waals surface area (Å²) < 4.78 is 53.5. The van der Waals surface area contributed by atoms with Crippen molar-refractivity contribution in [1.29, 1.82) is 0 Å². The maximum Gasteiger partial charge on any atom is 0.264 e. The second-order valence-electron chi connectivity index (χ2n) is 6.75. The minimum absolute atomic E-state index is 0.247. The minimum atomic E-state index is -3.71. The summed E-state index contributed by atoms with van der Waals surface area (Å²) in [7, 11) is -7.16. The fraction of sp³-hybridized carbons (Fsp3) is 0.368. The first-order valence-corrected chi connectivity index (χ1v) is 12.3. The first-order chi connectivity index (χ1) is 12.7. The molecule has 0 saturated heterocycles. The van der Waals surface area contributed by atoms with Crippen molar-refractivity contribution in [3.05, 3.63) is 53.6 Å². The van der Waals surface area contributed by atoms with Crippen LogP contribution in [-0.4, -0.2) is 29.6 Å². The summed E-state index contributed by atoms with van der Waals surface area (Å²) in [5.41, 5.74) is 2.79. The summed E-state index contributed by atoms with van der Waals surface area (Å²) in [4.78, 5) is 0.247. The maximum absolute atomic E-state index is 13.2. The zero-order chi connectivity index (χ0) is 19.7. The van der Waals surface area contributed by atoms with Gasteiger partial charge in [0.15, 0.2) is 0 Å². The molecule has 2 aromatic rings. The second-order valence-corrected chi connectivity index (χ2v) is 10.4. The molecule has 146 valence electrons. The first-order valence-electron chi connectivity index (χ1n) is 8.94. The lowest BCUT2D eigenvalue weighted by molar-refractivity contribution is 0.586. The summed E-state index contributed by atoms with van der Waals surface area (Å²) in [5.74, 6) is 0. The van der Waals surface area contributed by atoms with Crippen molar-refractivity contribution >= 4 is 31.4 Å². The molecule has 0 aromatic heterocycles. The second kappa shape index (κ2) is 7.52. The van der Waals surface area contributed by atoms with E-state index in [0.717, 1.165) is 24.7 Å². The molecule has 0 aliphatic carbocycles. The molecule has 0 amide bonds. The van der Waals surface area contributed by atoms with Crippen LogP contribution in [0, 0.1) is 0 Å². The van der Waals surface area contributed by atoms with Crippen molar-refractivity contribution in [1.82, 2.24) is 0 Å². The molecule has 0 fully saturated rings. The summed E-state index contributed by atoms with van der Waals surface area (Å²) in [6.45, 7) is 2.45. The van der Waals surface area contributed by atoms with Gasteiger partial charge in [-0.2, -0.15) is 0 Å². The summed E-state index contributed by atoms with van der Waals surface area (Å²) in [6, 6.07) is 12.1. The van der Waals surface area contributed by atoms with E-state index < -0.39 is 20.0 Å². The maximum atomic E-state index is 13.2. The van der Waals surface area contributed by atoms with Crippen molar-refractivity contribution < 1.29 is 16.8 Å². The topological polar surface area (TPSA) is 83.6 Å². The predicted octanol–water partition coefficient (Wildman–Crippen LogP) is 3.15. The molecule has 1 N–H and O–H groups in total. The van der Waals surface area contributed by atoms with E-state index in [4.69, 9.17) is 0 Å². The van der Waals surface area contributed by atoms with Crippen LogP contribution < -0.4 is 9.03 Å². The smallest absolute Gasteiger partial charge is 0.264 e. The number of hydrogen-bond acceptors (Lipinski definition) is 4. The Morgan fingerprint density at radius 3 is 2.37 bits per heavy atom. The molecule has 3 rings (SSSR count). The number of rotatable bonds is 6. The molecule has 2 aromatic carbocycles. The lowest BCUT2D eigenvalue weighted by atomic mass is 10.0. The van der Waals surface area contributed by atoms with Gasteiger partial charge in [-0.25, -0.2) is 16.8 Å². The van der Waals surface area contributed by atoms with Crippen molar-refractivity contribution in [3.63, 3.8) is 0 Å². The van der Waals surface area contributed by atoms with Gasteiger partial charge in [0.1, 0.15) is 0 Å². The lowest BCUT2D eigenvalue weighted by Gasteiger charge is -2.31. The molecule has 1 aliphatic rings. The lowest BCUT2D eigenvalue weighted by Crippen LogP contribution is -2.35. The van der Waals surface area contributed by atoms with E-state index in [9.17, 15) is 16.8 Å². The van der Waals surface area contributed by atoms with Gasteiger partial charge in [0, 0.05) is 12.1 Å². The first kappa shape index (κ1) is 19.7. The van der Waals surface area contributed by atoms with Crippen LogP contribution in [0.5, 0.6) is 0 Å². The van der Waals surface area contributed by atoms with Gasteiger partial charge >= 0.3 is 0 Å². The Kier molecular flexibility index (Phi) is 5.48. The summed E-state index contributed by atoms with van der Waals surface area (Å²) in [5, 5.41) is 0. The number of benzene rings is 2. The van der Waals surface area contributed by atoms with Gasteiger partial charge < -0.3 is 0 Å². The van der Waals surface area contributed by atoms with E-state index >= 15 is 0 Å². The third-order valence-electron chi connectivity index (χ3n) is 4.55. The number of fused-ring (bicyclic) bond motifs is 1. The van der Waals surface area contributed by atoms with Crippen LogP contribution in [0.2, 0.25) is 0 Å². The van der Waals surface area contributed by atoms with Crippen LogP contribution in [0.25, 0.3) is 0 Å². The Hall–Kier alpha value is -2.06. The van der Waals surface area contributed by atoms with Gasteiger partial charge in [0.2, 0.25) is 10.0 Å². The number of nitrogens with zero attached hydrogens (tertiary/aromatic N) is 1. The molecule has 0 unspecified atom stereocenters. The number of anilines is 2. The van der Waals surface area contributed by atoms with Crippen molar-refractivity contribution in [2.24, 2.45) is 0 Å². The normalized spacial score (nSPS) is 14.7. The highest BCUT2D eigenvalue weighted by molar-refractivity contribution is 7.93. The quantitative estimate of drug-likeness (QED) is 0.796. The average Bonchev–Trinajstić information content (AvgIpc) is 2.61. The zero-order valence-corrected chi connectivity index (χ0v) is 17.1. The van der Waals surface area contributed by atoms with Crippen LogP contribution in [0.4, 0.5) is 11.4 Å². The molecule has 0 saturated carbocycles. The van der Waals surface area contributed by atoms with Crippen molar-refractivity contribution in [2.75, 3.05) is 21.8 Å². The molecule has 0 bridgehead atoms. The van der Waals surface area contributed by atoms with E-state index in [1.165, 1.54) is 4.31 Å². The monoisotopic (exact) mass is 408 g/mol. The van der Waals surface area contributed by atoms with E-state index in [-0.39, 0.29) is 4.90 Å². The molecule has 27 heavy (non-hydrogen) atoms. The predicted molar refractivity (Wildman–Crippen MR) is 108 cm³/mol. The van der Waals surface area contributed by atoms with Crippen LogP contribution in [0.3, 0.4) is 0 Å². The molecule has 1 heterocycles. The Morgan fingerprint density at radius 2 is 1.74 bits per heavy atom. The Balaban J connectivity index is 2.00. The van der Waals surface area contributed by atoms with Gasteiger partial charge in [0.05, 0.1) is 22.5 Å². The fourth-order valence-corrected chi connectivity index (χ4v) is 5.50. The van der Waals surface area contributed by atoms with E-state index in [1.54, 1.807) is 30.3 Å². The van der Waals surface area contributed by atoms with Gasteiger partial charge in [-0.1, -0.05) is 31.5 Å². The Labute approximate surface area is 161 Å². The Bertz CT molecular complexity index is 1030. The van der Waals surface area contributed by atoms with Crippen LogP contribution >= 0.6 is 0 Å². The molecular formula is C19H24N2O4S2. The average molecular weight is 409 g/mol. The molecule has 6 nitrogen and oxygen atoms in total. The zero-order valence-electron chi connectivity index (χ0n) is 15.5. The number of aryl methyl sites for hydroxylation is 1. The third kappa shape index (κ3) is 4.27. The van der Waals surface area contributed by atoms with Crippen LogP contribution in [0.15, 0.2) is 47.4 Å². The third-order valence-corrected chi connectivity index (χ3v) is 6.97. The largest absolute Gasteiger partial charge is 0.283 e. The highest BCUT2D eigenvalue weighted by Crippen LogP contribution is 2.36. The standard InChI is InChI=1S/C19H24N2O4S2/c1-3-6-15-10-12-16(13-11-15)27(24,25)21-14-5-7-17-18(20-26(2,22)23)8-4-9-19(17)21/h4,8-13,20H,3,5-7,14H2,1-2H3. The number of nitrogens with one attached hydrogen (secondary N) is 1. The summed E-state index contributed by atoms with van der Waals surface area (Å²) in [6.07, 6.45) is 4.24. The van der Waals surface area contributed by atoms with Gasteiger partial charge in [0.25, 0.3) is 10.0 Å². The van der Waals surface area contributed by atoms with Crippen molar-refractivity contribution in [3.8, 4) is 0 Å². The molecule has 0 atom stereocenters. The summed E-state index contributed by atoms with van der Waals surface area (Å²) >= 11 is 0. The van der Waals surface area contributed by atoms with Crippen molar-refractivity contribution in [2.45, 2.75) is 37.5 Å². The number of sulfonamides is 2.